The number of nitrogens with zero attached hydrogens (tertiary/aromatic N) is 3. The van der Waals surface area contributed by atoms with Gasteiger partial charge in [0, 0.05) is 47.0 Å². The Labute approximate surface area is 190 Å². The summed E-state index contributed by atoms with van der Waals surface area (Å²) in [6.45, 7) is 10.7. The summed E-state index contributed by atoms with van der Waals surface area (Å²) in [6.07, 6.45) is 4.19. The number of hydrogen-bond acceptors (Lipinski definition) is 3. The predicted octanol–water partition coefficient (Wildman–Crippen LogP) is 5.58. The highest BCUT2D eigenvalue weighted by atomic mass is 16.2. The average Bonchev–Trinajstić information content (AvgIpc) is 3.42. The maximum Gasteiger partial charge on any atom is 0.271 e. The molecule has 32 heavy (non-hydrogen) atoms. The van der Waals surface area contributed by atoms with Crippen LogP contribution in [0.25, 0.3) is 5.69 Å². The van der Waals surface area contributed by atoms with Gasteiger partial charge in [0.15, 0.2) is 0 Å². The van der Waals surface area contributed by atoms with Crippen molar-refractivity contribution in [2.75, 3.05) is 18.0 Å². The molecule has 1 aromatic heterocycles. The number of carbonyl (C=O) groups is 1. The third-order valence-electron chi connectivity index (χ3n) is 6.26. The Kier molecular flexibility index (Phi) is 6.45. The summed E-state index contributed by atoms with van der Waals surface area (Å²) in [7, 11) is 0. The molecule has 1 saturated heterocycles. The zero-order valence-corrected chi connectivity index (χ0v) is 19.4. The Morgan fingerprint density at radius 2 is 1.59 bits per heavy atom. The minimum atomic E-state index is -0.202. The number of anilines is 1. The van der Waals surface area contributed by atoms with Crippen molar-refractivity contribution in [3.63, 3.8) is 0 Å². The number of aryl methyl sites for hydroxylation is 1. The number of hydrazone groups is 1. The normalized spacial score (nSPS) is 14.0. The van der Waals surface area contributed by atoms with E-state index in [4.69, 9.17) is 0 Å². The fourth-order valence-corrected chi connectivity index (χ4v) is 4.35. The summed E-state index contributed by atoms with van der Waals surface area (Å²) in [5.41, 5.74) is 10.1. The average molecular weight is 429 g/mol. The molecule has 0 saturated carbocycles. The highest BCUT2D eigenvalue weighted by molar-refractivity contribution is 5.95. The van der Waals surface area contributed by atoms with Crippen molar-refractivity contribution in [2.24, 2.45) is 5.10 Å². The molecule has 1 aliphatic heterocycles. The Hall–Kier alpha value is -3.34. The monoisotopic (exact) mass is 428 g/mol. The molecule has 0 aliphatic carbocycles. The molecule has 2 aromatic carbocycles. The number of benzene rings is 2. The first-order valence-electron chi connectivity index (χ1n) is 11.4. The zero-order valence-electron chi connectivity index (χ0n) is 19.4. The van der Waals surface area contributed by atoms with Gasteiger partial charge in [0.25, 0.3) is 5.91 Å². The van der Waals surface area contributed by atoms with E-state index in [2.05, 4.69) is 78.0 Å². The van der Waals surface area contributed by atoms with Gasteiger partial charge in [0.1, 0.15) is 0 Å². The summed E-state index contributed by atoms with van der Waals surface area (Å²) >= 11 is 0. The third kappa shape index (κ3) is 4.62. The van der Waals surface area contributed by atoms with E-state index in [0.717, 1.165) is 35.7 Å². The molecule has 5 heteroatoms. The van der Waals surface area contributed by atoms with Crippen molar-refractivity contribution in [1.29, 1.82) is 0 Å². The molecule has 0 unspecified atom stereocenters. The lowest BCUT2D eigenvalue weighted by molar-refractivity contribution is 0.0955. The van der Waals surface area contributed by atoms with Gasteiger partial charge in [-0.25, -0.2) is 5.43 Å². The molecule has 4 rings (SSSR count). The van der Waals surface area contributed by atoms with Crippen LogP contribution in [0.1, 0.15) is 65.5 Å². The van der Waals surface area contributed by atoms with Crippen LogP contribution < -0.4 is 10.3 Å². The van der Waals surface area contributed by atoms with Gasteiger partial charge in [-0.1, -0.05) is 26.0 Å². The smallest absolute Gasteiger partial charge is 0.271 e. The van der Waals surface area contributed by atoms with Crippen molar-refractivity contribution in [1.82, 2.24) is 9.99 Å². The summed E-state index contributed by atoms with van der Waals surface area (Å²) in [6, 6.07) is 18.5. The van der Waals surface area contributed by atoms with Crippen LogP contribution in [0, 0.1) is 13.8 Å². The number of carbonyl (C=O) groups excluding carboxylic acids is 1. The van der Waals surface area contributed by atoms with E-state index in [0.29, 0.717) is 11.5 Å². The molecule has 0 bridgehead atoms. The molecule has 166 valence electrons. The minimum absolute atomic E-state index is 0.202. The lowest BCUT2D eigenvalue weighted by Crippen LogP contribution is -2.19. The molecule has 3 aromatic rings. The third-order valence-corrected chi connectivity index (χ3v) is 6.26. The first-order valence-corrected chi connectivity index (χ1v) is 11.4. The van der Waals surface area contributed by atoms with Crippen LogP contribution in [0.15, 0.2) is 59.7 Å². The van der Waals surface area contributed by atoms with Crippen LogP contribution >= 0.6 is 0 Å². The highest BCUT2D eigenvalue weighted by Crippen LogP contribution is 2.23. The van der Waals surface area contributed by atoms with E-state index < -0.39 is 0 Å². The first-order chi connectivity index (χ1) is 15.4. The van der Waals surface area contributed by atoms with Crippen molar-refractivity contribution in [3.05, 3.63) is 82.7 Å². The van der Waals surface area contributed by atoms with E-state index in [9.17, 15) is 4.79 Å². The number of hydrogen-bond donors (Lipinski definition) is 1. The standard InChI is InChI=1S/C27H32N4O/c1-19(2)22-7-13-26(14-8-22)31-20(3)17-24(21(31)4)18-28-29-27(32)23-9-11-25(12-10-23)30-15-5-6-16-30/h7-14,17-19H,5-6,15-16H2,1-4H3,(H,29,32)/b28-18-. The summed E-state index contributed by atoms with van der Waals surface area (Å²) in [5, 5.41) is 4.22. The quantitative estimate of drug-likeness (QED) is 0.411. The van der Waals surface area contributed by atoms with Gasteiger partial charge >= 0.3 is 0 Å². The molecule has 1 aliphatic rings. The molecule has 0 spiro atoms. The molecule has 2 heterocycles. The molecule has 5 nitrogen and oxygen atoms in total. The lowest BCUT2D eigenvalue weighted by atomic mass is 10.0. The summed E-state index contributed by atoms with van der Waals surface area (Å²) < 4.78 is 2.21. The molecule has 1 N–H and O–H groups in total. The Morgan fingerprint density at radius 3 is 2.22 bits per heavy atom. The second kappa shape index (κ2) is 9.43. The van der Waals surface area contributed by atoms with Crippen LogP contribution in [0.5, 0.6) is 0 Å². The SMILES string of the molecule is Cc1cc(/C=N\NC(=O)c2ccc(N3CCCC3)cc2)c(C)n1-c1ccc(C(C)C)cc1. The van der Waals surface area contributed by atoms with Gasteiger partial charge in [-0.05, 0) is 80.6 Å². The summed E-state index contributed by atoms with van der Waals surface area (Å²) in [4.78, 5) is 14.8. The maximum absolute atomic E-state index is 12.5. The van der Waals surface area contributed by atoms with E-state index in [1.54, 1.807) is 6.21 Å². The molecule has 0 radical (unpaired) electrons. The topological polar surface area (TPSA) is 49.6 Å². The fourth-order valence-electron chi connectivity index (χ4n) is 4.35. The van der Waals surface area contributed by atoms with E-state index in [1.807, 2.05) is 24.3 Å². The van der Waals surface area contributed by atoms with E-state index in [-0.39, 0.29) is 5.91 Å². The predicted molar refractivity (Wildman–Crippen MR) is 132 cm³/mol. The first kappa shape index (κ1) is 21.9. The second-order valence-corrected chi connectivity index (χ2v) is 8.85. The molecule has 0 atom stereocenters. The number of nitrogens with one attached hydrogen (secondary N) is 1. The zero-order chi connectivity index (χ0) is 22.7. The molecule has 1 fully saturated rings. The Bertz CT molecular complexity index is 1100. The van der Waals surface area contributed by atoms with Gasteiger partial charge < -0.3 is 9.47 Å². The van der Waals surface area contributed by atoms with Gasteiger partial charge in [-0.2, -0.15) is 5.10 Å². The largest absolute Gasteiger partial charge is 0.372 e. The van der Waals surface area contributed by atoms with Crippen molar-refractivity contribution in [2.45, 2.75) is 46.5 Å². The van der Waals surface area contributed by atoms with Crippen molar-refractivity contribution < 1.29 is 4.79 Å². The van der Waals surface area contributed by atoms with Gasteiger partial charge in [0.05, 0.1) is 6.21 Å². The van der Waals surface area contributed by atoms with Gasteiger partial charge in [0.2, 0.25) is 0 Å². The van der Waals surface area contributed by atoms with Gasteiger partial charge in [-0.3, -0.25) is 4.79 Å². The maximum atomic E-state index is 12.5. The second-order valence-electron chi connectivity index (χ2n) is 8.85. The Balaban J connectivity index is 1.43. The highest BCUT2D eigenvalue weighted by Gasteiger charge is 2.13. The number of rotatable bonds is 6. The van der Waals surface area contributed by atoms with E-state index in [1.165, 1.54) is 24.1 Å². The fraction of sp³-hybridized carbons (Fsp3) is 0.333. The van der Waals surface area contributed by atoms with Crippen LogP contribution in [0.3, 0.4) is 0 Å². The molecule has 1 amide bonds. The van der Waals surface area contributed by atoms with Crippen molar-refractivity contribution in [3.8, 4) is 5.69 Å². The summed E-state index contributed by atoms with van der Waals surface area (Å²) in [5.74, 6) is 0.311. The number of amides is 1. The lowest BCUT2D eigenvalue weighted by Gasteiger charge is -2.17. The van der Waals surface area contributed by atoms with Gasteiger partial charge in [-0.15, -0.1) is 0 Å². The van der Waals surface area contributed by atoms with Crippen molar-refractivity contribution >= 4 is 17.8 Å². The van der Waals surface area contributed by atoms with E-state index >= 15 is 0 Å². The molecular weight excluding hydrogens is 396 g/mol. The van der Waals surface area contributed by atoms with Crippen LogP contribution in [0.4, 0.5) is 5.69 Å². The minimum Gasteiger partial charge on any atom is -0.372 e. The van der Waals surface area contributed by atoms with Crippen LogP contribution in [-0.2, 0) is 0 Å². The van der Waals surface area contributed by atoms with Crippen LogP contribution in [-0.4, -0.2) is 29.8 Å². The number of aromatic nitrogens is 1. The van der Waals surface area contributed by atoms with Crippen LogP contribution in [0.2, 0.25) is 0 Å². The Morgan fingerprint density at radius 1 is 0.969 bits per heavy atom. The molecular formula is C27H32N4O.